The molecule has 1 unspecified atom stereocenters. The van der Waals surface area contributed by atoms with Crippen molar-refractivity contribution in [1.29, 1.82) is 0 Å². The number of methoxy groups -OCH3 is 3. The largest absolute Gasteiger partial charge is 0.494 e. The molecule has 0 amide bonds. The van der Waals surface area contributed by atoms with Crippen LogP contribution in [-0.2, 0) is 6.42 Å². The highest BCUT2D eigenvalue weighted by Gasteiger charge is 2.21. The molecule has 2 N–H and O–H groups in total. The Bertz CT molecular complexity index is 670. The van der Waals surface area contributed by atoms with Gasteiger partial charge >= 0.3 is 0 Å². The van der Waals surface area contributed by atoms with Crippen LogP contribution in [0.3, 0.4) is 0 Å². The standard InChI is InChI=1S/C20H27NO4/c1-5-25-16-8-6-14(7-9-16)12-15(13-21)17-10-11-18(22-2)20(24-4)19(17)23-3/h6-11,15H,5,12-13,21H2,1-4H3. The van der Waals surface area contributed by atoms with Gasteiger partial charge in [-0.3, -0.25) is 0 Å². The Balaban J connectivity index is 2.30. The lowest BCUT2D eigenvalue weighted by Gasteiger charge is -2.21. The van der Waals surface area contributed by atoms with Crippen molar-refractivity contribution >= 4 is 0 Å². The van der Waals surface area contributed by atoms with Gasteiger partial charge in [-0.05, 0) is 43.7 Å². The van der Waals surface area contributed by atoms with Gasteiger partial charge in [0.25, 0.3) is 0 Å². The second-order valence-electron chi connectivity index (χ2n) is 5.64. The summed E-state index contributed by atoms with van der Waals surface area (Å²) in [5.41, 5.74) is 8.26. The second kappa shape index (κ2) is 9.18. The fraction of sp³-hybridized carbons (Fsp3) is 0.400. The van der Waals surface area contributed by atoms with Crippen LogP contribution in [-0.4, -0.2) is 34.5 Å². The minimum atomic E-state index is 0.104. The van der Waals surface area contributed by atoms with Gasteiger partial charge in [0.05, 0.1) is 27.9 Å². The highest BCUT2D eigenvalue weighted by molar-refractivity contribution is 5.57. The molecular weight excluding hydrogens is 318 g/mol. The first kappa shape index (κ1) is 18.9. The molecule has 0 saturated heterocycles. The Morgan fingerprint density at radius 3 is 2.08 bits per heavy atom. The highest BCUT2D eigenvalue weighted by Crippen LogP contribution is 2.43. The minimum Gasteiger partial charge on any atom is -0.494 e. The van der Waals surface area contributed by atoms with Crippen molar-refractivity contribution in [3.05, 3.63) is 47.5 Å². The molecule has 2 aromatic carbocycles. The van der Waals surface area contributed by atoms with E-state index in [0.717, 1.165) is 17.7 Å². The van der Waals surface area contributed by atoms with Gasteiger partial charge in [0.2, 0.25) is 5.75 Å². The fourth-order valence-electron chi connectivity index (χ4n) is 2.94. The monoisotopic (exact) mass is 345 g/mol. The Hall–Kier alpha value is -2.40. The zero-order chi connectivity index (χ0) is 18.2. The SMILES string of the molecule is CCOc1ccc(CC(CN)c2ccc(OC)c(OC)c2OC)cc1. The van der Waals surface area contributed by atoms with E-state index in [-0.39, 0.29) is 5.92 Å². The predicted molar refractivity (Wildman–Crippen MR) is 99.2 cm³/mol. The first-order chi connectivity index (χ1) is 12.2. The Morgan fingerprint density at radius 2 is 1.56 bits per heavy atom. The zero-order valence-corrected chi connectivity index (χ0v) is 15.4. The lowest BCUT2D eigenvalue weighted by molar-refractivity contribution is 0.320. The molecule has 5 heteroatoms. The van der Waals surface area contributed by atoms with Gasteiger partial charge in [0.1, 0.15) is 5.75 Å². The minimum absolute atomic E-state index is 0.104. The van der Waals surface area contributed by atoms with Crippen LogP contribution >= 0.6 is 0 Å². The molecule has 5 nitrogen and oxygen atoms in total. The molecule has 136 valence electrons. The van der Waals surface area contributed by atoms with E-state index in [1.54, 1.807) is 21.3 Å². The van der Waals surface area contributed by atoms with Crippen LogP contribution in [0.25, 0.3) is 0 Å². The molecule has 0 aromatic heterocycles. The average Bonchev–Trinajstić information content (AvgIpc) is 2.66. The molecule has 0 aliphatic rings. The molecule has 0 aliphatic heterocycles. The first-order valence-electron chi connectivity index (χ1n) is 8.39. The summed E-state index contributed by atoms with van der Waals surface area (Å²) in [6.07, 6.45) is 0.800. The lowest BCUT2D eigenvalue weighted by atomic mass is 9.91. The van der Waals surface area contributed by atoms with Gasteiger partial charge in [-0.2, -0.15) is 0 Å². The third-order valence-electron chi connectivity index (χ3n) is 4.18. The summed E-state index contributed by atoms with van der Waals surface area (Å²) in [6, 6.07) is 12.0. The average molecular weight is 345 g/mol. The number of nitrogens with two attached hydrogens (primary N) is 1. The van der Waals surface area contributed by atoms with E-state index in [0.29, 0.717) is 30.4 Å². The Morgan fingerprint density at radius 1 is 0.880 bits per heavy atom. The molecule has 1 atom stereocenters. The van der Waals surface area contributed by atoms with Crippen molar-refractivity contribution < 1.29 is 18.9 Å². The van der Waals surface area contributed by atoms with E-state index < -0.39 is 0 Å². The molecule has 0 aliphatic carbocycles. The summed E-state index contributed by atoms with van der Waals surface area (Å²) >= 11 is 0. The molecule has 0 fully saturated rings. The van der Waals surface area contributed by atoms with Crippen LogP contribution in [0.4, 0.5) is 0 Å². The molecule has 25 heavy (non-hydrogen) atoms. The zero-order valence-electron chi connectivity index (χ0n) is 15.4. The van der Waals surface area contributed by atoms with Crippen LogP contribution in [0, 0.1) is 0 Å². The predicted octanol–water partition coefficient (Wildman–Crippen LogP) is 3.40. The van der Waals surface area contributed by atoms with Crippen molar-refractivity contribution in [2.24, 2.45) is 5.73 Å². The maximum absolute atomic E-state index is 6.06. The molecule has 0 heterocycles. The maximum Gasteiger partial charge on any atom is 0.203 e. The molecular formula is C20H27NO4. The Labute approximate surface area is 149 Å². The van der Waals surface area contributed by atoms with Crippen LogP contribution < -0.4 is 24.7 Å². The normalized spacial score (nSPS) is 11.7. The summed E-state index contributed by atoms with van der Waals surface area (Å²) in [5.74, 6) is 2.88. The maximum atomic E-state index is 6.06. The van der Waals surface area contributed by atoms with E-state index in [4.69, 9.17) is 24.7 Å². The first-order valence-corrected chi connectivity index (χ1v) is 8.39. The van der Waals surface area contributed by atoms with E-state index in [1.807, 2.05) is 31.2 Å². The van der Waals surface area contributed by atoms with Gasteiger partial charge in [0, 0.05) is 11.5 Å². The topological polar surface area (TPSA) is 62.9 Å². The van der Waals surface area contributed by atoms with E-state index >= 15 is 0 Å². The van der Waals surface area contributed by atoms with Gasteiger partial charge in [0.15, 0.2) is 11.5 Å². The molecule has 0 saturated carbocycles. The third-order valence-corrected chi connectivity index (χ3v) is 4.18. The molecule has 0 spiro atoms. The van der Waals surface area contributed by atoms with Crippen LogP contribution in [0.2, 0.25) is 0 Å². The number of hydrogen-bond donors (Lipinski definition) is 1. The van der Waals surface area contributed by atoms with Crippen LogP contribution in [0.15, 0.2) is 36.4 Å². The molecule has 0 radical (unpaired) electrons. The van der Waals surface area contributed by atoms with E-state index in [1.165, 1.54) is 5.56 Å². The van der Waals surface area contributed by atoms with Gasteiger partial charge in [-0.15, -0.1) is 0 Å². The van der Waals surface area contributed by atoms with Gasteiger partial charge < -0.3 is 24.7 Å². The second-order valence-corrected chi connectivity index (χ2v) is 5.64. The van der Waals surface area contributed by atoms with Gasteiger partial charge in [-0.1, -0.05) is 18.2 Å². The molecule has 0 bridgehead atoms. The summed E-state index contributed by atoms with van der Waals surface area (Å²) in [5, 5.41) is 0. The summed E-state index contributed by atoms with van der Waals surface area (Å²) in [7, 11) is 4.84. The summed E-state index contributed by atoms with van der Waals surface area (Å²) < 4.78 is 21.9. The van der Waals surface area contributed by atoms with Crippen molar-refractivity contribution in [3.63, 3.8) is 0 Å². The highest BCUT2D eigenvalue weighted by atomic mass is 16.5. The fourth-order valence-corrected chi connectivity index (χ4v) is 2.94. The molecule has 2 aromatic rings. The lowest BCUT2D eigenvalue weighted by Crippen LogP contribution is -2.16. The van der Waals surface area contributed by atoms with Gasteiger partial charge in [-0.25, -0.2) is 0 Å². The smallest absolute Gasteiger partial charge is 0.203 e. The quantitative estimate of drug-likeness (QED) is 0.755. The van der Waals surface area contributed by atoms with Crippen molar-refractivity contribution in [2.45, 2.75) is 19.3 Å². The van der Waals surface area contributed by atoms with Crippen molar-refractivity contribution in [2.75, 3.05) is 34.5 Å². The van der Waals surface area contributed by atoms with Crippen molar-refractivity contribution in [3.8, 4) is 23.0 Å². The van der Waals surface area contributed by atoms with E-state index in [9.17, 15) is 0 Å². The number of ether oxygens (including phenoxy) is 4. The van der Waals surface area contributed by atoms with Crippen molar-refractivity contribution in [1.82, 2.24) is 0 Å². The van der Waals surface area contributed by atoms with Crippen LogP contribution in [0.1, 0.15) is 24.0 Å². The molecule has 2 rings (SSSR count). The van der Waals surface area contributed by atoms with E-state index in [2.05, 4.69) is 12.1 Å². The Kier molecular flexibility index (Phi) is 6.95. The third kappa shape index (κ3) is 4.37. The number of rotatable bonds is 9. The number of benzene rings is 2. The summed E-state index contributed by atoms with van der Waals surface area (Å²) in [4.78, 5) is 0. The number of hydrogen-bond acceptors (Lipinski definition) is 5. The summed E-state index contributed by atoms with van der Waals surface area (Å²) in [6.45, 7) is 3.13. The van der Waals surface area contributed by atoms with Crippen LogP contribution in [0.5, 0.6) is 23.0 Å².